The number of nitrogens with zero attached hydrogens (tertiary/aromatic N) is 1. The van der Waals surface area contributed by atoms with Gasteiger partial charge in [0.25, 0.3) is 0 Å². The van der Waals surface area contributed by atoms with E-state index < -0.39 is 0 Å². The largest absolute Gasteiger partial charge is 0.392 e. The Labute approximate surface area is 106 Å². The van der Waals surface area contributed by atoms with Gasteiger partial charge in [0.15, 0.2) is 0 Å². The van der Waals surface area contributed by atoms with Crippen molar-refractivity contribution < 1.29 is 5.11 Å². The minimum absolute atomic E-state index is 0.202. The first kappa shape index (κ1) is 12.2. The molecule has 2 rings (SSSR count). The van der Waals surface area contributed by atoms with Gasteiger partial charge in [-0.15, -0.1) is 0 Å². The van der Waals surface area contributed by atoms with Gasteiger partial charge in [-0.05, 0) is 43.1 Å². The third-order valence-electron chi connectivity index (χ3n) is 2.88. The molecular formula is C12H15Cl2NO. The number of hydrogen-bond acceptors (Lipinski definition) is 2. The second-order valence-electron chi connectivity index (χ2n) is 4.27. The molecule has 1 atom stereocenters. The molecule has 0 aliphatic carbocycles. The van der Waals surface area contributed by atoms with Crippen molar-refractivity contribution in [1.82, 2.24) is 4.90 Å². The number of aliphatic hydroxyl groups is 1. The van der Waals surface area contributed by atoms with Gasteiger partial charge in [0.2, 0.25) is 0 Å². The number of likely N-dealkylation sites (tertiary alicyclic amines) is 1. The summed E-state index contributed by atoms with van der Waals surface area (Å²) in [7, 11) is 0. The van der Waals surface area contributed by atoms with Crippen LogP contribution in [0.5, 0.6) is 0 Å². The van der Waals surface area contributed by atoms with Gasteiger partial charge in [-0.3, -0.25) is 4.90 Å². The molecule has 1 fully saturated rings. The number of benzene rings is 1. The normalized spacial score (nSPS) is 22.3. The second kappa shape index (κ2) is 5.37. The minimum Gasteiger partial charge on any atom is -0.392 e. The maximum Gasteiger partial charge on any atom is 0.0667 e. The third kappa shape index (κ3) is 3.11. The highest BCUT2D eigenvalue weighted by Gasteiger charge is 2.18. The predicted octanol–water partition coefficient (Wildman–Crippen LogP) is 2.95. The van der Waals surface area contributed by atoms with Gasteiger partial charge < -0.3 is 5.11 Å². The molecule has 1 aliphatic rings. The molecule has 0 unspecified atom stereocenters. The van der Waals surface area contributed by atoms with Crippen LogP contribution in [0.1, 0.15) is 18.4 Å². The van der Waals surface area contributed by atoms with E-state index in [1.807, 2.05) is 12.1 Å². The van der Waals surface area contributed by atoms with Crippen LogP contribution >= 0.6 is 23.2 Å². The Morgan fingerprint density at radius 1 is 1.38 bits per heavy atom. The van der Waals surface area contributed by atoms with E-state index >= 15 is 0 Å². The molecule has 0 radical (unpaired) electrons. The summed E-state index contributed by atoms with van der Waals surface area (Å²) in [6, 6.07) is 5.50. The molecular weight excluding hydrogens is 245 g/mol. The number of aliphatic hydroxyl groups excluding tert-OH is 1. The smallest absolute Gasteiger partial charge is 0.0667 e. The molecule has 1 N–H and O–H groups in total. The van der Waals surface area contributed by atoms with E-state index in [1.54, 1.807) is 6.07 Å². The fraction of sp³-hybridized carbons (Fsp3) is 0.500. The minimum atomic E-state index is -0.202. The highest BCUT2D eigenvalue weighted by atomic mass is 35.5. The molecule has 88 valence electrons. The van der Waals surface area contributed by atoms with Crippen molar-refractivity contribution in [1.29, 1.82) is 0 Å². The Bertz CT molecular complexity index is 370. The summed E-state index contributed by atoms with van der Waals surface area (Å²) in [5.41, 5.74) is 1.03. The number of hydrogen-bond donors (Lipinski definition) is 1. The molecule has 0 spiro atoms. The Morgan fingerprint density at radius 3 is 2.94 bits per heavy atom. The van der Waals surface area contributed by atoms with E-state index in [0.29, 0.717) is 5.02 Å². The SMILES string of the molecule is O[C@H]1CCCN(Cc2cc(Cl)ccc2Cl)C1. The van der Waals surface area contributed by atoms with Gasteiger partial charge in [-0.1, -0.05) is 23.2 Å². The maximum atomic E-state index is 9.58. The van der Waals surface area contributed by atoms with E-state index in [1.165, 1.54) is 0 Å². The van der Waals surface area contributed by atoms with E-state index in [0.717, 1.165) is 43.1 Å². The van der Waals surface area contributed by atoms with Crippen molar-refractivity contribution in [2.75, 3.05) is 13.1 Å². The average Bonchev–Trinajstić information content (AvgIpc) is 2.24. The van der Waals surface area contributed by atoms with Crippen LogP contribution < -0.4 is 0 Å². The summed E-state index contributed by atoms with van der Waals surface area (Å²) < 4.78 is 0. The van der Waals surface area contributed by atoms with Crippen LogP contribution in [0.4, 0.5) is 0 Å². The number of halogens is 2. The topological polar surface area (TPSA) is 23.5 Å². The maximum absolute atomic E-state index is 9.58. The van der Waals surface area contributed by atoms with Crippen LogP contribution in [0.2, 0.25) is 10.0 Å². The van der Waals surface area contributed by atoms with E-state index in [2.05, 4.69) is 4.90 Å². The molecule has 0 aromatic heterocycles. The van der Waals surface area contributed by atoms with Gasteiger partial charge in [0, 0.05) is 23.1 Å². The highest BCUT2D eigenvalue weighted by molar-refractivity contribution is 6.33. The molecule has 4 heteroatoms. The van der Waals surface area contributed by atoms with Crippen molar-refractivity contribution in [3.05, 3.63) is 33.8 Å². The molecule has 0 amide bonds. The first-order valence-electron chi connectivity index (χ1n) is 5.49. The molecule has 1 saturated heterocycles. The molecule has 1 aliphatic heterocycles. The van der Waals surface area contributed by atoms with Gasteiger partial charge >= 0.3 is 0 Å². The summed E-state index contributed by atoms with van der Waals surface area (Å²) >= 11 is 12.0. The predicted molar refractivity (Wildman–Crippen MR) is 67.0 cm³/mol. The first-order chi connectivity index (χ1) is 7.65. The van der Waals surface area contributed by atoms with Crippen LogP contribution in [0.15, 0.2) is 18.2 Å². The number of β-amino-alcohol motifs (C(OH)–C–C–N with tert-alkyl or cyclic N) is 1. The Hall–Kier alpha value is -0.280. The van der Waals surface area contributed by atoms with Gasteiger partial charge in [-0.25, -0.2) is 0 Å². The van der Waals surface area contributed by atoms with E-state index in [4.69, 9.17) is 23.2 Å². The van der Waals surface area contributed by atoms with Crippen molar-refractivity contribution in [3.8, 4) is 0 Å². The van der Waals surface area contributed by atoms with Crippen molar-refractivity contribution in [3.63, 3.8) is 0 Å². The lowest BCUT2D eigenvalue weighted by molar-refractivity contribution is 0.0668. The summed E-state index contributed by atoms with van der Waals surface area (Å²) in [5.74, 6) is 0. The van der Waals surface area contributed by atoms with Crippen molar-refractivity contribution >= 4 is 23.2 Å². The Morgan fingerprint density at radius 2 is 2.19 bits per heavy atom. The molecule has 16 heavy (non-hydrogen) atoms. The average molecular weight is 260 g/mol. The van der Waals surface area contributed by atoms with Crippen molar-refractivity contribution in [2.24, 2.45) is 0 Å². The van der Waals surface area contributed by atoms with Gasteiger partial charge in [0.05, 0.1) is 6.10 Å². The zero-order valence-electron chi connectivity index (χ0n) is 9.00. The molecule has 1 heterocycles. The molecule has 1 aromatic carbocycles. The van der Waals surface area contributed by atoms with Crippen LogP contribution in [-0.2, 0) is 6.54 Å². The van der Waals surface area contributed by atoms with Gasteiger partial charge in [-0.2, -0.15) is 0 Å². The Kier molecular flexibility index (Phi) is 4.09. The van der Waals surface area contributed by atoms with Crippen molar-refractivity contribution in [2.45, 2.75) is 25.5 Å². The number of piperidine rings is 1. The lowest BCUT2D eigenvalue weighted by Gasteiger charge is -2.30. The summed E-state index contributed by atoms with van der Waals surface area (Å²) in [5, 5.41) is 11.0. The zero-order valence-corrected chi connectivity index (χ0v) is 10.5. The van der Waals surface area contributed by atoms with Crippen LogP contribution in [0.3, 0.4) is 0 Å². The van der Waals surface area contributed by atoms with E-state index in [9.17, 15) is 5.11 Å². The summed E-state index contributed by atoms with van der Waals surface area (Å²) in [6.45, 7) is 2.50. The first-order valence-corrected chi connectivity index (χ1v) is 6.25. The van der Waals surface area contributed by atoms with Crippen LogP contribution in [0.25, 0.3) is 0 Å². The van der Waals surface area contributed by atoms with Crippen LogP contribution in [-0.4, -0.2) is 29.2 Å². The highest BCUT2D eigenvalue weighted by Crippen LogP contribution is 2.23. The molecule has 0 saturated carbocycles. The fourth-order valence-electron chi connectivity index (χ4n) is 2.08. The van der Waals surface area contributed by atoms with E-state index in [-0.39, 0.29) is 6.10 Å². The summed E-state index contributed by atoms with van der Waals surface area (Å²) in [6.07, 6.45) is 1.74. The lowest BCUT2D eigenvalue weighted by Crippen LogP contribution is -2.37. The number of rotatable bonds is 2. The lowest BCUT2D eigenvalue weighted by atomic mass is 10.1. The second-order valence-corrected chi connectivity index (χ2v) is 5.11. The van der Waals surface area contributed by atoms with Crippen LogP contribution in [0, 0.1) is 0 Å². The standard InChI is InChI=1S/C12H15Cl2NO/c13-10-3-4-12(14)9(6-10)7-15-5-1-2-11(16)8-15/h3-4,6,11,16H,1-2,5,7-8H2/t11-/m0/s1. The fourth-order valence-corrected chi connectivity index (χ4v) is 2.45. The monoisotopic (exact) mass is 259 g/mol. The molecule has 2 nitrogen and oxygen atoms in total. The third-order valence-corrected chi connectivity index (χ3v) is 3.49. The molecule has 1 aromatic rings. The summed E-state index contributed by atoms with van der Waals surface area (Å²) in [4.78, 5) is 2.21. The zero-order chi connectivity index (χ0) is 11.5. The molecule has 0 bridgehead atoms. The van der Waals surface area contributed by atoms with Gasteiger partial charge in [0.1, 0.15) is 0 Å². The Balaban J connectivity index is 2.05. The quantitative estimate of drug-likeness (QED) is 0.883.